The highest BCUT2D eigenvalue weighted by atomic mass is 19.4. The molecule has 0 aliphatic carbocycles. The molecular formula is C27H27F3N4O6. The molecule has 0 N–H and O–H groups in total. The predicted octanol–water partition coefficient (Wildman–Crippen LogP) is 5.50. The van der Waals surface area contributed by atoms with Gasteiger partial charge in [-0.1, -0.05) is 0 Å². The van der Waals surface area contributed by atoms with Crippen molar-refractivity contribution < 1.29 is 37.0 Å². The number of halogens is 3. The number of piperidine rings is 1. The molecule has 0 amide bonds. The molecule has 0 unspecified atom stereocenters. The molecule has 3 aliphatic rings. The molecule has 13 heteroatoms. The van der Waals surface area contributed by atoms with Gasteiger partial charge in [-0.2, -0.15) is 0 Å². The topological polar surface area (TPSA) is 101 Å². The van der Waals surface area contributed by atoms with Crippen LogP contribution in [0.5, 0.6) is 23.3 Å². The summed E-state index contributed by atoms with van der Waals surface area (Å²) in [5.74, 6) is 0.695. The molecule has 0 radical (unpaired) electrons. The lowest BCUT2D eigenvalue weighted by Gasteiger charge is -2.40. The van der Waals surface area contributed by atoms with E-state index in [0.29, 0.717) is 30.1 Å². The van der Waals surface area contributed by atoms with Crippen LogP contribution in [0.15, 0.2) is 54.7 Å². The zero-order chi connectivity index (χ0) is 28.1. The quantitative estimate of drug-likeness (QED) is 0.263. The van der Waals surface area contributed by atoms with Crippen LogP contribution >= 0.6 is 0 Å². The predicted molar refractivity (Wildman–Crippen MR) is 136 cm³/mol. The lowest BCUT2D eigenvalue weighted by Crippen LogP contribution is -2.46. The Labute approximate surface area is 227 Å². The van der Waals surface area contributed by atoms with Crippen molar-refractivity contribution in [3.63, 3.8) is 0 Å². The minimum Gasteiger partial charge on any atom is -0.490 e. The van der Waals surface area contributed by atoms with Crippen molar-refractivity contribution in [1.82, 2.24) is 9.55 Å². The van der Waals surface area contributed by atoms with Crippen molar-refractivity contribution in [2.45, 2.75) is 69.3 Å². The van der Waals surface area contributed by atoms with Crippen molar-refractivity contribution in [2.75, 3.05) is 11.5 Å². The first-order chi connectivity index (χ1) is 19.0. The normalized spacial score (nSPS) is 25.3. The maximum Gasteiger partial charge on any atom is 0.573 e. The van der Waals surface area contributed by atoms with E-state index in [-0.39, 0.29) is 30.3 Å². The summed E-state index contributed by atoms with van der Waals surface area (Å²) in [5.41, 5.74) is 0.408. The number of fused-ring (bicyclic) bond motifs is 3. The Hall–Kier alpha value is -4.16. The minimum atomic E-state index is -4.72. The maximum atomic E-state index is 12.4. The summed E-state index contributed by atoms with van der Waals surface area (Å²) in [6.45, 7) is 2.52. The lowest BCUT2D eigenvalue weighted by atomic mass is 9.98. The summed E-state index contributed by atoms with van der Waals surface area (Å²) in [6, 6.07) is 14.3. The second-order valence-corrected chi connectivity index (χ2v) is 10.6. The third kappa shape index (κ3) is 5.45. The number of ether oxygens (including phenoxy) is 4. The Morgan fingerprint density at radius 2 is 1.68 bits per heavy atom. The number of nitrogens with zero attached hydrogens (tertiary/aromatic N) is 4. The maximum absolute atomic E-state index is 12.4. The van der Waals surface area contributed by atoms with Gasteiger partial charge < -0.3 is 34.0 Å². The van der Waals surface area contributed by atoms with E-state index in [0.717, 1.165) is 31.4 Å². The number of imidazole rings is 1. The molecule has 212 valence electrons. The first-order valence-corrected chi connectivity index (χ1v) is 13.0. The number of anilines is 1. The van der Waals surface area contributed by atoms with Gasteiger partial charge in [0.25, 0.3) is 0 Å². The fraction of sp³-hybridized carbons (Fsp3) is 0.444. The van der Waals surface area contributed by atoms with Gasteiger partial charge in [0, 0.05) is 35.6 Å². The van der Waals surface area contributed by atoms with E-state index >= 15 is 0 Å². The van der Waals surface area contributed by atoms with Gasteiger partial charge in [-0.25, -0.2) is 0 Å². The molecule has 3 aliphatic heterocycles. The zero-order valence-electron chi connectivity index (χ0n) is 21.5. The average molecular weight is 561 g/mol. The van der Waals surface area contributed by atoms with Crippen LogP contribution in [0.25, 0.3) is 0 Å². The second kappa shape index (κ2) is 9.79. The molecule has 2 fully saturated rings. The largest absolute Gasteiger partial charge is 0.573 e. The number of aromatic nitrogens is 2. The first-order valence-electron chi connectivity index (χ1n) is 13.0. The van der Waals surface area contributed by atoms with E-state index in [1.54, 1.807) is 4.57 Å². The minimum absolute atomic E-state index is 0.0194. The van der Waals surface area contributed by atoms with Crippen LogP contribution in [0, 0.1) is 10.1 Å². The van der Waals surface area contributed by atoms with Crippen molar-refractivity contribution in [3.05, 3.63) is 64.8 Å². The number of nitro groups is 1. The van der Waals surface area contributed by atoms with Crippen LogP contribution in [0.4, 0.5) is 24.7 Å². The zero-order valence-corrected chi connectivity index (χ0v) is 21.5. The van der Waals surface area contributed by atoms with E-state index in [1.807, 2.05) is 31.2 Å². The number of rotatable bonds is 8. The molecule has 4 heterocycles. The number of hydrogen-bond donors (Lipinski definition) is 0. The Bertz CT molecular complexity index is 1340. The molecule has 3 aromatic rings. The number of benzene rings is 2. The van der Waals surface area contributed by atoms with Crippen LogP contribution < -0.4 is 23.8 Å². The van der Waals surface area contributed by atoms with Crippen LogP contribution in [-0.2, 0) is 6.54 Å². The summed E-state index contributed by atoms with van der Waals surface area (Å²) in [5, 5.41) is 10.9. The van der Waals surface area contributed by atoms with Gasteiger partial charge in [-0.05, 0) is 73.2 Å². The van der Waals surface area contributed by atoms with Crippen LogP contribution in [0.2, 0.25) is 0 Å². The van der Waals surface area contributed by atoms with E-state index in [2.05, 4.69) is 14.6 Å². The summed E-state index contributed by atoms with van der Waals surface area (Å²) in [7, 11) is 0. The monoisotopic (exact) mass is 560 g/mol. The van der Waals surface area contributed by atoms with Crippen LogP contribution in [-0.4, -0.2) is 51.2 Å². The number of alkyl halides is 3. The second-order valence-electron chi connectivity index (χ2n) is 10.6. The summed E-state index contributed by atoms with van der Waals surface area (Å²) >= 11 is 0. The van der Waals surface area contributed by atoms with E-state index < -0.39 is 16.9 Å². The fourth-order valence-electron chi connectivity index (χ4n) is 5.86. The highest BCUT2D eigenvalue weighted by Gasteiger charge is 2.43. The molecule has 2 bridgehead atoms. The summed E-state index contributed by atoms with van der Waals surface area (Å²) in [4.78, 5) is 16.7. The van der Waals surface area contributed by atoms with Gasteiger partial charge >= 0.3 is 18.2 Å². The van der Waals surface area contributed by atoms with Crippen molar-refractivity contribution in [3.8, 4) is 23.3 Å². The molecule has 40 heavy (non-hydrogen) atoms. The van der Waals surface area contributed by atoms with Gasteiger partial charge in [-0.15, -0.1) is 13.2 Å². The Balaban J connectivity index is 1.02. The van der Waals surface area contributed by atoms with Gasteiger partial charge in [0.2, 0.25) is 0 Å². The molecule has 0 saturated carbocycles. The molecule has 0 spiro atoms. The average Bonchev–Trinajstić information content (AvgIpc) is 3.51. The van der Waals surface area contributed by atoms with Crippen molar-refractivity contribution in [1.29, 1.82) is 0 Å². The van der Waals surface area contributed by atoms with Gasteiger partial charge in [0.15, 0.2) is 5.60 Å². The molecule has 3 atom stereocenters. The molecule has 2 aromatic carbocycles. The Morgan fingerprint density at radius 1 is 1.05 bits per heavy atom. The van der Waals surface area contributed by atoms with E-state index in [4.69, 9.17) is 14.2 Å². The first kappa shape index (κ1) is 26.1. The standard InChI is InChI=1S/C27H27F3N4O6/c1-26(15-32-14-24(34(35)36)31-25(32)40-26)16-37-20-6-4-17(5-7-20)33-18-2-3-19(33)13-23(12-18)38-21-8-10-22(11-9-21)39-27(28,29)30/h4-11,14,18-19,23H,2-3,12-13,15-16H2,1H3/t18-,19-,26-/m1/s1. The van der Waals surface area contributed by atoms with Crippen LogP contribution in [0.1, 0.15) is 32.6 Å². The molecule has 2 saturated heterocycles. The Kier molecular flexibility index (Phi) is 6.38. The molecule has 1 aromatic heterocycles. The third-order valence-electron chi connectivity index (χ3n) is 7.49. The molecular weight excluding hydrogens is 533 g/mol. The Morgan fingerprint density at radius 3 is 2.27 bits per heavy atom. The highest BCUT2D eigenvalue weighted by Crippen LogP contribution is 2.41. The molecule has 10 nitrogen and oxygen atoms in total. The van der Waals surface area contributed by atoms with E-state index in [1.165, 1.54) is 30.5 Å². The van der Waals surface area contributed by atoms with Crippen molar-refractivity contribution in [2.24, 2.45) is 0 Å². The van der Waals surface area contributed by atoms with Crippen molar-refractivity contribution >= 4 is 11.5 Å². The summed E-state index contributed by atoms with van der Waals surface area (Å²) in [6.07, 6.45) is 0.346. The number of hydrogen-bond acceptors (Lipinski definition) is 8. The van der Waals surface area contributed by atoms with Crippen LogP contribution in [0.3, 0.4) is 0 Å². The fourth-order valence-corrected chi connectivity index (χ4v) is 5.86. The highest BCUT2D eigenvalue weighted by molar-refractivity contribution is 5.52. The van der Waals surface area contributed by atoms with E-state index in [9.17, 15) is 23.3 Å². The van der Waals surface area contributed by atoms with Gasteiger partial charge in [-0.3, -0.25) is 4.57 Å². The smallest absolute Gasteiger partial charge is 0.490 e. The third-order valence-corrected chi connectivity index (χ3v) is 7.49. The molecule has 6 rings (SSSR count). The van der Waals surface area contributed by atoms with Gasteiger partial charge in [0.1, 0.15) is 36.2 Å². The summed E-state index contributed by atoms with van der Waals surface area (Å²) < 4.78 is 60.7. The lowest BCUT2D eigenvalue weighted by molar-refractivity contribution is -0.389. The van der Waals surface area contributed by atoms with Gasteiger partial charge in [0.05, 0.1) is 6.54 Å². The SMILES string of the molecule is C[C@]1(COc2ccc(N3[C@@H]4CC[C@@H]3CC(Oc3ccc(OC(F)(F)F)cc3)C4)cc2)Cn2cc([N+](=O)[O-])nc2O1.